The van der Waals surface area contributed by atoms with Crippen molar-refractivity contribution in [1.82, 2.24) is 9.62 Å². The molecular formula is C7H12N2O2S. The number of carbonyl (C=O) groups excluding carboxylic acids is 1. The van der Waals surface area contributed by atoms with E-state index in [0.29, 0.717) is 13.1 Å². The summed E-state index contributed by atoms with van der Waals surface area (Å²) in [5.41, 5.74) is -0.189. The first kappa shape index (κ1) is 8.19. The Morgan fingerprint density at radius 1 is 1.58 bits per heavy atom. The highest BCUT2D eigenvalue weighted by Gasteiger charge is 2.52. The van der Waals surface area contributed by atoms with Gasteiger partial charge in [0.2, 0.25) is 5.91 Å². The van der Waals surface area contributed by atoms with Gasteiger partial charge in [0.15, 0.2) is 0 Å². The maximum absolute atomic E-state index is 11.3. The van der Waals surface area contributed by atoms with Crippen LogP contribution >= 0.6 is 0 Å². The molecule has 1 unspecified atom stereocenters. The van der Waals surface area contributed by atoms with Gasteiger partial charge in [-0.15, -0.1) is 0 Å². The Labute approximate surface area is 73.9 Å². The molecule has 0 aromatic heterocycles. The fourth-order valence-electron chi connectivity index (χ4n) is 1.83. The van der Waals surface area contributed by atoms with Gasteiger partial charge in [0.1, 0.15) is 0 Å². The van der Waals surface area contributed by atoms with E-state index < -0.39 is 11.0 Å². The van der Waals surface area contributed by atoms with E-state index in [9.17, 15) is 9.00 Å². The van der Waals surface area contributed by atoms with E-state index in [0.717, 1.165) is 13.0 Å². The third-order valence-corrected chi connectivity index (χ3v) is 3.68. The fourth-order valence-corrected chi connectivity index (χ4v) is 2.69. The predicted molar refractivity (Wildman–Crippen MR) is 45.7 cm³/mol. The molecule has 68 valence electrons. The van der Waals surface area contributed by atoms with E-state index in [1.54, 1.807) is 6.26 Å². The monoisotopic (exact) mass is 188 g/mol. The molecule has 2 aliphatic heterocycles. The molecule has 0 saturated carbocycles. The number of carbonyl (C=O) groups is 1. The summed E-state index contributed by atoms with van der Waals surface area (Å²) < 4.78 is 12.8. The lowest BCUT2D eigenvalue weighted by Crippen LogP contribution is -2.59. The summed E-state index contributed by atoms with van der Waals surface area (Å²) in [6.07, 6.45) is 2.55. The minimum absolute atomic E-state index is 0.143. The van der Waals surface area contributed by atoms with E-state index in [4.69, 9.17) is 0 Å². The predicted octanol–water partition coefficient (Wildman–Crippen LogP) is -0.898. The van der Waals surface area contributed by atoms with Gasteiger partial charge in [-0.05, 0) is 6.42 Å². The molecule has 2 heterocycles. The van der Waals surface area contributed by atoms with Gasteiger partial charge in [-0.3, -0.25) is 4.79 Å². The summed E-state index contributed by atoms with van der Waals surface area (Å²) in [4.78, 5) is 11.3. The lowest BCUT2D eigenvalue weighted by Gasteiger charge is -2.43. The largest absolute Gasteiger partial charge is 0.355 e. The first-order valence-electron chi connectivity index (χ1n) is 4.01. The number of amides is 1. The summed E-state index contributed by atoms with van der Waals surface area (Å²) in [6, 6.07) is 0. The summed E-state index contributed by atoms with van der Waals surface area (Å²) in [6.45, 7) is 2.12. The number of hydrogen-bond donors (Lipinski definition) is 1. The normalized spacial score (nSPS) is 29.9. The van der Waals surface area contributed by atoms with Crippen LogP contribution in [-0.4, -0.2) is 40.3 Å². The molecule has 1 N–H and O–H groups in total. The Balaban J connectivity index is 2.02. The zero-order chi connectivity index (χ0) is 8.77. The van der Waals surface area contributed by atoms with Crippen molar-refractivity contribution in [2.45, 2.75) is 6.42 Å². The van der Waals surface area contributed by atoms with Gasteiger partial charge in [0.25, 0.3) is 0 Å². The molecule has 2 rings (SSSR count). The summed E-state index contributed by atoms with van der Waals surface area (Å²) in [7, 11) is -0.907. The zero-order valence-electron chi connectivity index (χ0n) is 7.00. The molecule has 0 radical (unpaired) electrons. The van der Waals surface area contributed by atoms with Crippen LogP contribution in [-0.2, 0) is 15.8 Å². The standard InChI is InChI=1S/C7H12N2O2S/c1-12(11)9-4-7(5-9)2-3-8-6(7)10/h2-5H2,1H3,(H,8,10). The number of nitrogens with one attached hydrogen (secondary N) is 1. The van der Waals surface area contributed by atoms with Crippen LogP contribution in [0.1, 0.15) is 6.42 Å². The van der Waals surface area contributed by atoms with Crippen molar-refractivity contribution in [3.8, 4) is 0 Å². The molecule has 1 spiro atoms. The smallest absolute Gasteiger partial charge is 0.228 e. The average Bonchev–Trinajstić information content (AvgIpc) is 2.26. The molecule has 12 heavy (non-hydrogen) atoms. The van der Waals surface area contributed by atoms with Gasteiger partial charge in [-0.1, -0.05) is 0 Å². The van der Waals surface area contributed by atoms with E-state index in [-0.39, 0.29) is 11.3 Å². The van der Waals surface area contributed by atoms with E-state index in [1.165, 1.54) is 0 Å². The second kappa shape index (κ2) is 2.53. The maximum atomic E-state index is 11.3. The highest BCUT2D eigenvalue weighted by Crippen LogP contribution is 2.37. The molecule has 0 bridgehead atoms. The average molecular weight is 188 g/mol. The van der Waals surface area contributed by atoms with Crippen molar-refractivity contribution < 1.29 is 9.00 Å². The van der Waals surface area contributed by atoms with Crippen LogP contribution in [0.25, 0.3) is 0 Å². The summed E-state index contributed by atoms with van der Waals surface area (Å²) in [5.74, 6) is 0.143. The molecule has 1 amide bonds. The minimum Gasteiger partial charge on any atom is -0.355 e. The third kappa shape index (κ3) is 0.998. The quantitative estimate of drug-likeness (QED) is 0.580. The van der Waals surface area contributed by atoms with Gasteiger partial charge in [0.05, 0.1) is 16.4 Å². The van der Waals surface area contributed by atoms with Crippen molar-refractivity contribution in [2.24, 2.45) is 5.41 Å². The molecule has 0 aromatic carbocycles. The van der Waals surface area contributed by atoms with Gasteiger partial charge >= 0.3 is 0 Å². The molecule has 2 aliphatic rings. The number of rotatable bonds is 1. The van der Waals surface area contributed by atoms with Crippen LogP contribution in [0.3, 0.4) is 0 Å². The first-order valence-corrected chi connectivity index (χ1v) is 5.52. The Hall–Kier alpha value is -0.420. The lowest BCUT2D eigenvalue weighted by molar-refractivity contribution is -0.132. The molecule has 5 heteroatoms. The number of nitrogens with zero attached hydrogens (tertiary/aromatic N) is 1. The highest BCUT2D eigenvalue weighted by atomic mass is 32.2. The van der Waals surface area contributed by atoms with Crippen LogP contribution in [0.5, 0.6) is 0 Å². The fraction of sp³-hybridized carbons (Fsp3) is 0.857. The van der Waals surface area contributed by atoms with Gasteiger partial charge in [-0.2, -0.15) is 0 Å². The Morgan fingerprint density at radius 3 is 2.67 bits per heavy atom. The van der Waals surface area contributed by atoms with E-state index in [1.807, 2.05) is 4.31 Å². The van der Waals surface area contributed by atoms with E-state index >= 15 is 0 Å². The summed E-state index contributed by atoms with van der Waals surface area (Å²) >= 11 is 0. The molecule has 0 aliphatic carbocycles. The first-order chi connectivity index (χ1) is 5.64. The zero-order valence-corrected chi connectivity index (χ0v) is 7.82. The van der Waals surface area contributed by atoms with Crippen molar-refractivity contribution in [3.05, 3.63) is 0 Å². The molecular weight excluding hydrogens is 176 g/mol. The van der Waals surface area contributed by atoms with Crippen molar-refractivity contribution in [2.75, 3.05) is 25.9 Å². The van der Waals surface area contributed by atoms with Gasteiger partial charge in [-0.25, -0.2) is 8.51 Å². The van der Waals surface area contributed by atoms with Crippen molar-refractivity contribution in [1.29, 1.82) is 0 Å². The van der Waals surface area contributed by atoms with Gasteiger partial charge < -0.3 is 5.32 Å². The van der Waals surface area contributed by atoms with Crippen LogP contribution in [0.2, 0.25) is 0 Å². The Kier molecular flexibility index (Phi) is 1.73. The highest BCUT2D eigenvalue weighted by molar-refractivity contribution is 7.81. The maximum Gasteiger partial charge on any atom is 0.228 e. The van der Waals surface area contributed by atoms with Crippen molar-refractivity contribution in [3.63, 3.8) is 0 Å². The minimum atomic E-state index is -0.907. The molecule has 1 atom stereocenters. The molecule has 4 nitrogen and oxygen atoms in total. The lowest BCUT2D eigenvalue weighted by atomic mass is 9.80. The Morgan fingerprint density at radius 2 is 2.25 bits per heavy atom. The topological polar surface area (TPSA) is 49.4 Å². The second-order valence-corrected chi connectivity index (χ2v) is 4.87. The Bertz CT molecular complexity index is 248. The molecule has 0 aromatic rings. The van der Waals surface area contributed by atoms with Crippen LogP contribution in [0.4, 0.5) is 0 Å². The van der Waals surface area contributed by atoms with E-state index in [2.05, 4.69) is 5.32 Å². The second-order valence-electron chi connectivity index (χ2n) is 3.51. The number of hydrogen-bond acceptors (Lipinski definition) is 2. The van der Waals surface area contributed by atoms with Crippen molar-refractivity contribution >= 4 is 16.9 Å². The van der Waals surface area contributed by atoms with Crippen LogP contribution in [0, 0.1) is 5.41 Å². The van der Waals surface area contributed by atoms with Crippen LogP contribution < -0.4 is 5.32 Å². The third-order valence-electron chi connectivity index (χ3n) is 2.69. The summed E-state index contributed by atoms with van der Waals surface area (Å²) in [5, 5.41) is 2.81. The SMILES string of the molecule is CS(=O)N1CC2(CCNC2=O)C1. The molecule has 2 fully saturated rings. The molecule has 2 saturated heterocycles. The van der Waals surface area contributed by atoms with Crippen LogP contribution in [0.15, 0.2) is 0 Å². The van der Waals surface area contributed by atoms with Gasteiger partial charge in [0, 0.05) is 25.9 Å².